The third kappa shape index (κ3) is 3.06. The highest BCUT2D eigenvalue weighted by Crippen LogP contribution is 2.44. The molecule has 2 fully saturated rings. The van der Waals surface area contributed by atoms with Gasteiger partial charge in [0.2, 0.25) is 0 Å². The van der Waals surface area contributed by atoms with Gasteiger partial charge in [0.25, 0.3) is 0 Å². The topological polar surface area (TPSA) is 23.5 Å². The molecular formula is C18H35NO. The molecule has 0 aliphatic heterocycles. The van der Waals surface area contributed by atoms with Crippen molar-refractivity contribution in [1.29, 1.82) is 0 Å². The minimum atomic E-state index is -0.143. The summed E-state index contributed by atoms with van der Waals surface area (Å²) < 4.78 is 0. The summed E-state index contributed by atoms with van der Waals surface area (Å²) in [6.45, 7) is 7.10. The Morgan fingerprint density at radius 1 is 1.05 bits per heavy atom. The molecule has 2 heteroatoms. The van der Waals surface area contributed by atoms with E-state index in [1.807, 2.05) is 0 Å². The van der Waals surface area contributed by atoms with E-state index in [1.54, 1.807) is 0 Å². The molecule has 6 atom stereocenters. The van der Waals surface area contributed by atoms with Crippen molar-refractivity contribution in [2.45, 2.75) is 77.4 Å². The first-order chi connectivity index (χ1) is 9.36. The van der Waals surface area contributed by atoms with Gasteiger partial charge < -0.3 is 10.0 Å². The van der Waals surface area contributed by atoms with Gasteiger partial charge in [-0.1, -0.05) is 40.0 Å². The van der Waals surface area contributed by atoms with Gasteiger partial charge >= 0.3 is 0 Å². The van der Waals surface area contributed by atoms with Crippen LogP contribution in [0.5, 0.6) is 0 Å². The fraction of sp³-hybridized carbons (Fsp3) is 1.00. The lowest BCUT2D eigenvalue weighted by molar-refractivity contribution is -0.0848. The fourth-order valence-electron chi connectivity index (χ4n) is 4.82. The summed E-state index contributed by atoms with van der Waals surface area (Å²) in [5, 5.41) is 11.2. The van der Waals surface area contributed by atoms with Gasteiger partial charge in [0.05, 0.1) is 6.10 Å². The van der Waals surface area contributed by atoms with Crippen LogP contribution in [0.15, 0.2) is 0 Å². The summed E-state index contributed by atoms with van der Waals surface area (Å²) in [7, 11) is 4.35. The molecule has 0 spiro atoms. The third-order valence-electron chi connectivity index (χ3n) is 6.54. The Balaban J connectivity index is 2.13. The van der Waals surface area contributed by atoms with Gasteiger partial charge in [-0.2, -0.15) is 0 Å². The predicted molar refractivity (Wildman–Crippen MR) is 85.7 cm³/mol. The molecule has 0 aromatic heterocycles. The van der Waals surface area contributed by atoms with Crippen molar-refractivity contribution >= 4 is 0 Å². The van der Waals surface area contributed by atoms with E-state index in [9.17, 15) is 5.11 Å². The smallest absolute Gasteiger partial charge is 0.0751 e. The number of aliphatic hydroxyl groups excluding tert-OH is 1. The molecule has 0 aromatic rings. The maximum Gasteiger partial charge on any atom is 0.0751 e. The molecule has 2 rings (SSSR count). The van der Waals surface area contributed by atoms with Crippen LogP contribution in [0, 0.1) is 23.7 Å². The van der Waals surface area contributed by atoms with E-state index >= 15 is 0 Å². The van der Waals surface area contributed by atoms with Crippen molar-refractivity contribution in [3.8, 4) is 0 Å². The summed E-state index contributed by atoms with van der Waals surface area (Å²) in [6, 6.07) is 0. The Hall–Kier alpha value is -0.0800. The summed E-state index contributed by atoms with van der Waals surface area (Å²) >= 11 is 0. The van der Waals surface area contributed by atoms with E-state index < -0.39 is 0 Å². The molecule has 0 radical (unpaired) electrons. The van der Waals surface area contributed by atoms with Crippen LogP contribution in [0.25, 0.3) is 0 Å². The Kier molecular flexibility index (Phi) is 5.18. The molecule has 2 saturated carbocycles. The monoisotopic (exact) mass is 281 g/mol. The SMILES string of the molecule is CC1CCCC(C(O)C2CCC(C)C(C)C2)(N(C)C)C1. The highest BCUT2D eigenvalue weighted by Gasteiger charge is 2.47. The van der Waals surface area contributed by atoms with Crippen LogP contribution in [0.4, 0.5) is 0 Å². The first-order valence-electron chi connectivity index (χ1n) is 8.72. The summed E-state index contributed by atoms with van der Waals surface area (Å²) in [5.41, 5.74) is 0.0304. The lowest BCUT2D eigenvalue weighted by atomic mass is 9.64. The highest BCUT2D eigenvalue weighted by molar-refractivity contribution is 5.01. The molecule has 2 aliphatic carbocycles. The quantitative estimate of drug-likeness (QED) is 0.847. The maximum absolute atomic E-state index is 11.2. The van der Waals surface area contributed by atoms with Gasteiger partial charge in [-0.25, -0.2) is 0 Å². The van der Waals surface area contributed by atoms with Crippen molar-refractivity contribution in [3.05, 3.63) is 0 Å². The molecule has 0 bridgehead atoms. The lowest BCUT2D eigenvalue weighted by Gasteiger charge is -2.51. The van der Waals surface area contributed by atoms with E-state index in [1.165, 1.54) is 44.9 Å². The largest absolute Gasteiger partial charge is 0.391 e. The number of aliphatic hydroxyl groups is 1. The summed E-state index contributed by atoms with van der Waals surface area (Å²) in [4.78, 5) is 2.34. The second kappa shape index (κ2) is 6.36. The Bertz CT molecular complexity index is 317. The molecule has 2 nitrogen and oxygen atoms in total. The van der Waals surface area contributed by atoms with Gasteiger partial charge in [-0.05, 0) is 63.5 Å². The second-order valence-corrected chi connectivity index (χ2v) is 8.17. The molecule has 6 unspecified atom stereocenters. The van der Waals surface area contributed by atoms with E-state index in [4.69, 9.17) is 0 Å². The van der Waals surface area contributed by atoms with Crippen molar-refractivity contribution in [2.75, 3.05) is 14.1 Å². The molecule has 0 heterocycles. The lowest BCUT2D eigenvalue weighted by Crippen LogP contribution is -2.59. The Labute approximate surface area is 125 Å². The zero-order valence-corrected chi connectivity index (χ0v) is 14.2. The molecule has 20 heavy (non-hydrogen) atoms. The normalized spacial score (nSPS) is 44.5. The molecular weight excluding hydrogens is 246 g/mol. The zero-order valence-electron chi connectivity index (χ0n) is 14.2. The van der Waals surface area contributed by atoms with Gasteiger partial charge in [-0.3, -0.25) is 0 Å². The van der Waals surface area contributed by atoms with Gasteiger partial charge in [0, 0.05) is 5.54 Å². The second-order valence-electron chi connectivity index (χ2n) is 8.17. The molecule has 2 aliphatic rings. The van der Waals surface area contributed by atoms with Crippen LogP contribution in [-0.4, -0.2) is 35.7 Å². The molecule has 0 saturated heterocycles. The van der Waals surface area contributed by atoms with E-state index in [-0.39, 0.29) is 11.6 Å². The minimum absolute atomic E-state index is 0.0304. The van der Waals surface area contributed by atoms with Crippen molar-refractivity contribution < 1.29 is 5.11 Å². The van der Waals surface area contributed by atoms with Crippen molar-refractivity contribution in [2.24, 2.45) is 23.7 Å². The van der Waals surface area contributed by atoms with Crippen LogP contribution in [0.3, 0.4) is 0 Å². The first kappa shape index (κ1) is 16.3. The van der Waals surface area contributed by atoms with Crippen LogP contribution < -0.4 is 0 Å². The molecule has 1 N–H and O–H groups in total. The maximum atomic E-state index is 11.2. The number of likely N-dealkylation sites (N-methyl/N-ethyl adjacent to an activating group) is 1. The number of hydrogen-bond donors (Lipinski definition) is 1. The van der Waals surface area contributed by atoms with Gasteiger partial charge in [0.1, 0.15) is 0 Å². The first-order valence-corrected chi connectivity index (χ1v) is 8.72. The van der Waals surface area contributed by atoms with E-state index in [0.29, 0.717) is 5.92 Å². The van der Waals surface area contributed by atoms with Crippen LogP contribution >= 0.6 is 0 Å². The van der Waals surface area contributed by atoms with E-state index in [0.717, 1.165) is 17.8 Å². The van der Waals surface area contributed by atoms with Gasteiger partial charge in [-0.15, -0.1) is 0 Å². The molecule has 0 amide bonds. The number of hydrogen-bond acceptors (Lipinski definition) is 2. The van der Waals surface area contributed by atoms with Crippen molar-refractivity contribution in [1.82, 2.24) is 4.90 Å². The number of nitrogens with zero attached hydrogens (tertiary/aromatic N) is 1. The average molecular weight is 281 g/mol. The van der Waals surface area contributed by atoms with Gasteiger partial charge in [0.15, 0.2) is 0 Å². The number of rotatable bonds is 3. The Morgan fingerprint density at radius 2 is 1.75 bits per heavy atom. The van der Waals surface area contributed by atoms with Crippen LogP contribution in [0.2, 0.25) is 0 Å². The van der Waals surface area contributed by atoms with Crippen LogP contribution in [0.1, 0.15) is 65.7 Å². The van der Waals surface area contributed by atoms with E-state index in [2.05, 4.69) is 39.8 Å². The third-order valence-corrected chi connectivity index (χ3v) is 6.54. The zero-order chi connectivity index (χ0) is 14.9. The minimum Gasteiger partial charge on any atom is -0.391 e. The van der Waals surface area contributed by atoms with Crippen molar-refractivity contribution in [3.63, 3.8) is 0 Å². The average Bonchev–Trinajstić information content (AvgIpc) is 2.40. The molecule has 118 valence electrons. The summed E-state index contributed by atoms with van der Waals surface area (Å²) in [6.07, 6.45) is 8.53. The Morgan fingerprint density at radius 3 is 2.30 bits per heavy atom. The predicted octanol–water partition coefficient (Wildman–Crippen LogP) is 3.93. The summed E-state index contributed by atoms with van der Waals surface area (Å²) in [5.74, 6) is 2.86. The highest BCUT2D eigenvalue weighted by atomic mass is 16.3. The standard InChI is InChI=1S/C18H35NO/c1-13-7-6-10-18(12-13,19(4)5)17(20)16-9-8-14(2)15(3)11-16/h13-17,20H,6-12H2,1-5H3. The fourth-order valence-corrected chi connectivity index (χ4v) is 4.82. The molecule has 0 aromatic carbocycles. The van der Waals surface area contributed by atoms with Crippen LogP contribution in [-0.2, 0) is 0 Å².